The Balaban J connectivity index is 1.03. The van der Waals surface area contributed by atoms with E-state index >= 15 is 0 Å². The molecule has 1 nitrogen and oxygen atoms in total. The van der Waals surface area contributed by atoms with Crippen LogP contribution in [0, 0.1) is 6.92 Å². The molecule has 12 aromatic rings. The lowest BCUT2D eigenvalue weighted by molar-refractivity contribution is 0.780. The molecule has 61 heavy (non-hydrogen) atoms. The summed E-state index contributed by atoms with van der Waals surface area (Å²) in [6.45, 7) is 4.62. The van der Waals surface area contributed by atoms with Crippen molar-refractivity contribution in [2.45, 2.75) is 26.2 Å². The van der Waals surface area contributed by atoms with Crippen molar-refractivity contribution < 1.29 is 0 Å². The molecule has 0 saturated heterocycles. The van der Waals surface area contributed by atoms with Crippen LogP contribution in [0.3, 0.4) is 0 Å². The largest absolute Gasteiger partial charge is 0.309 e. The van der Waals surface area contributed by atoms with Gasteiger partial charge < -0.3 is 4.57 Å². The molecule has 0 aliphatic carbocycles. The van der Waals surface area contributed by atoms with E-state index in [4.69, 9.17) is 0 Å². The van der Waals surface area contributed by atoms with Gasteiger partial charge in [-0.2, -0.15) is 0 Å². The fraction of sp³-hybridized carbons (Fsp3) is 0.0690. The molecule has 0 N–H and O–H groups in total. The third kappa shape index (κ3) is 5.80. The Morgan fingerprint density at radius 3 is 1.92 bits per heavy atom. The van der Waals surface area contributed by atoms with E-state index in [0.29, 0.717) is 0 Å². The number of hydrogen-bond acceptors (Lipinski definition) is 2. The van der Waals surface area contributed by atoms with Gasteiger partial charge in [-0.15, -0.1) is 22.7 Å². The summed E-state index contributed by atoms with van der Waals surface area (Å²) in [6, 6.07) is 72.6. The normalized spacial score (nSPS) is 12.4. The Labute approximate surface area is 363 Å². The molecular formula is C58H41NS2. The van der Waals surface area contributed by atoms with Crippen LogP contribution in [0.15, 0.2) is 194 Å². The molecule has 0 aliphatic rings. The molecule has 3 aromatic heterocycles. The number of para-hydroxylation sites is 2. The average molecular weight is 816 g/mol. The van der Waals surface area contributed by atoms with Crippen molar-refractivity contribution in [3.05, 3.63) is 211 Å². The Morgan fingerprint density at radius 2 is 1.08 bits per heavy atom. The molecular weight excluding hydrogens is 775 g/mol. The van der Waals surface area contributed by atoms with Gasteiger partial charge in [0.25, 0.3) is 0 Å². The molecule has 1 atom stereocenters. The molecule has 0 radical (unpaired) electrons. The van der Waals surface area contributed by atoms with Crippen LogP contribution in [0.2, 0.25) is 0 Å². The van der Waals surface area contributed by atoms with Crippen LogP contribution in [0.5, 0.6) is 0 Å². The van der Waals surface area contributed by atoms with Gasteiger partial charge in [-0.1, -0.05) is 134 Å². The van der Waals surface area contributed by atoms with Crippen molar-refractivity contribution in [3.8, 4) is 39.1 Å². The summed E-state index contributed by atoms with van der Waals surface area (Å²) in [5.74, 6) is 0.194. The maximum Gasteiger partial charge on any atom is 0.0547 e. The van der Waals surface area contributed by atoms with E-state index in [1.807, 2.05) is 22.7 Å². The Kier molecular flexibility index (Phi) is 8.55. The number of benzene rings is 9. The van der Waals surface area contributed by atoms with Crippen LogP contribution >= 0.6 is 22.7 Å². The minimum absolute atomic E-state index is 0.194. The van der Waals surface area contributed by atoms with Crippen molar-refractivity contribution in [2.24, 2.45) is 0 Å². The summed E-state index contributed by atoms with van der Waals surface area (Å²) >= 11 is 3.81. The van der Waals surface area contributed by atoms with Crippen molar-refractivity contribution in [2.75, 3.05) is 0 Å². The number of aromatic nitrogens is 1. The molecule has 9 aromatic carbocycles. The Morgan fingerprint density at radius 1 is 0.443 bits per heavy atom. The number of nitrogens with zero attached hydrogens (tertiary/aromatic N) is 1. The topological polar surface area (TPSA) is 4.93 Å². The van der Waals surface area contributed by atoms with Gasteiger partial charge in [0.05, 0.1) is 11.0 Å². The van der Waals surface area contributed by atoms with Crippen LogP contribution in [-0.2, 0) is 0 Å². The van der Waals surface area contributed by atoms with Crippen LogP contribution in [0.1, 0.15) is 36.0 Å². The summed E-state index contributed by atoms with van der Waals surface area (Å²) in [6.07, 6.45) is 0.981. The van der Waals surface area contributed by atoms with E-state index in [9.17, 15) is 0 Å². The van der Waals surface area contributed by atoms with Crippen LogP contribution in [0.25, 0.3) is 101 Å². The Hall–Kier alpha value is -6.78. The third-order valence-electron chi connectivity index (χ3n) is 12.9. The van der Waals surface area contributed by atoms with E-state index < -0.39 is 0 Å². The van der Waals surface area contributed by atoms with Gasteiger partial charge in [-0.3, -0.25) is 0 Å². The zero-order chi connectivity index (χ0) is 40.6. The number of thiophene rings is 2. The van der Waals surface area contributed by atoms with Crippen molar-refractivity contribution in [3.63, 3.8) is 0 Å². The van der Waals surface area contributed by atoms with E-state index in [0.717, 1.165) is 6.42 Å². The zero-order valence-corrected chi connectivity index (χ0v) is 35.7. The summed E-state index contributed by atoms with van der Waals surface area (Å²) in [5.41, 5.74) is 15.3. The van der Waals surface area contributed by atoms with E-state index in [-0.39, 0.29) is 5.92 Å². The standard InChI is InChI=1S/C58H41NS2/c1-3-41(39-34-49(58-51(35-39)46-21-11-14-27-55(46)61-58)38-30-31-56-50(33-38)45-20-10-13-26-54(45)60-56)43-18-7-8-19-44(43)48-32-37(29-28-36(48)2)42-23-15-25-53-57(42)47-22-9-12-24-52(47)59(53)40-16-5-4-6-17-40/h4-35,41H,3H2,1-2H3. The number of hydrogen-bond donors (Lipinski definition) is 0. The minimum atomic E-state index is 0.194. The lowest BCUT2D eigenvalue weighted by Gasteiger charge is -2.23. The SMILES string of the molecule is CCC(c1cc(-c2ccc3sc4ccccc4c3c2)c2sc3ccccc3c2c1)c1ccccc1-c1cc(-c2cccc3c2c2ccccc2n3-c2ccccc2)ccc1C. The predicted molar refractivity (Wildman–Crippen MR) is 266 cm³/mol. The molecule has 290 valence electrons. The van der Waals surface area contributed by atoms with Gasteiger partial charge in [-0.25, -0.2) is 0 Å². The number of fused-ring (bicyclic) bond motifs is 9. The second kappa shape index (κ2) is 14.4. The highest BCUT2D eigenvalue weighted by atomic mass is 32.1. The van der Waals surface area contributed by atoms with E-state index in [2.05, 4.69) is 213 Å². The van der Waals surface area contributed by atoms with E-state index in [1.165, 1.54) is 118 Å². The molecule has 0 spiro atoms. The minimum Gasteiger partial charge on any atom is -0.309 e. The van der Waals surface area contributed by atoms with Crippen LogP contribution < -0.4 is 0 Å². The summed E-state index contributed by atoms with van der Waals surface area (Å²) in [4.78, 5) is 0. The Bertz CT molecular complexity index is 3660. The molecule has 0 bridgehead atoms. The second-order valence-corrected chi connectivity index (χ2v) is 18.5. The van der Waals surface area contributed by atoms with Gasteiger partial charge in [-0.05, 0) is 130 Å². The second-order valence-electron chi connectivity index (χ2n) is 16.3. The van der Waals surface area contributed by atoms with Gasteiger partial charge in [0.1, 0.15) is 0 Å². The molecule has 3 heterocycles. The van der Waals surface area contributed by atoms with Crippen molar-refractivity contribution in [1.29, 1.82) is 0 Å². The average Bonchev–Trinajstić information content (AvgIpc) is 3.99. The smallest absolute Gasteiger partial charge is 0.0547 e. The van der Waals surface area contributed by atoms with Gasteiger partial charge in [0.2, 0.25) is 0 Å². The summed E-state index contributed by atoms with van der Waals surface area (Å²) < 4.78 is 7.78. The van der Waals surface area contributed by atoms with Crippen LogP contribution in [-0.4, -0.2) is 4.57 Å². The van der Waals surface area contributed by atoms with E-state index in [1.54, 1.807) is 0 Å². The molecule has 0 fully saturated rings. The molecule has 0 amide bonds. The monoisotopic (exact) mass is 815 g/mol. The quantitative estimate of drug-likeness (QED) is 0.151. The zero-order valence-electron chi connectivity index (χ0n) is 34.0. The lowest BCUT2D eigenvalue weighted by Crippen LogP contribution is -2.03. The fourth-order valence-corrected chi connectivity index (χ4v) is 12.3. The first-order chi connectivity index (χ1) is 30.1. The third-order valence-corrected chi connectivity index (χ3v) is 15.3. The highest BCUT2D eigenvalue weighted by Gasteiger charge is 2.23. The number of aryl methyl sites for hydroxylation is 1. The van der Waals surface area contributed by atoms with Crippen molar-refractivity contribution >= 4 is 84.8 Å². The van der Waals surface area contributed by atoms with Crippen LogP contribution in [0.4, 0.5) is 0 Å². The molecule has 12 rings (SSSR count). The lowest BCUT2D eigenvalue weighted by atomic mass is 9.81. The highest BCUT2D eigenvalue weighted by molar-refractivity contribution is 7.26. The predicted octanol–water partition coefficient (Wildman–Crippen LogP) is 17.4. The van der Waals surface area contributed by atoms with Gasteiger partial charge >= 0.3 is 0 Å². The number of rotatable bonds is 7. The van der Waals surface area contributed by atoms with Gasteiger partial charge in [0.15, 0.2) is 0 Å². The molecule has 1 unspecified atom stereocenters. The molecule has 0 saturated carbocycles. The maximum absolute atomic E-state index is 2.52. The first-order valence-corrected chi connectivity index (χ1v) is 22.9. The summed E-state index contributed by atoms with van der Waals surface area (Å²) in [5, 5.41) is 7.91. The molecule has 0 aliphatic heterocycles. The van der Waals surface area contributed by atoms with Crippen molar-refractivity contribution in [1.82, 2.24) is 4.57 Å². The highest BCUT2D eigenvalue weighted by Crippen LogP contribution is 2.47. The fourth-order valence-electron chi connectivity index (χ4n) is 10.0. The first kappa shape index (κ1) is 36.1. The van der Waals surface area contributed by atoms with Gasteiger partial charge in [0, 0.05) is 62.7 Å². The molecule has 3 heteroatoms. The maximum atomic E-state index is 2.52. The summed E-state index contributed by atoms with van der Waals surface area (Å²) in [7, 11) is 0. The first-order valence-electron chi connectivity index (χ1n) is 21.3.